The molecule has 0 atom stereocenters. The van der Waals surface area contributed by atoms with Gasteiger partial charge in [0, 0.05) is 16.6 Å². The molecule has 0 saturated carbocycles. The number of rotatable bonds is 6. The minimum absolute atomic E-state index is 0.0272. The molecule has 0 fully saturated rings. The summed E-state index contributed by atoms with van der Waals surface area (Å²) in [4.78, 5) is 41.4. The van der Waals surface area contributed by atoms with Crippen molar-refractivity contribution < 1.29 is 19.1 Å². The van der Waals surface area contributed by atoms with Gasteiger partial charge in [-0.15, -0.1) is 11.3 Å². The molecule has 3 aromatic rings. The normalized spacial score (nSPS) is 13.6. The maximum atomic E-state index is 14.4. The number of carbonyl (C=O) groups is 2. The number of anilines is 1. The van der Waals surface area contributed by atoms with Crippen molar-refractivity contribution in [1.29, 1.82) is 0 Å². The fraction of sp³-hybridized carbons (Fsp3) is 0.333. The zero-order valence-electron chi connectivity index (χ0n) is 18.0. The van der Waals surface area contributed by atoms with E-state index in [1.807, 2.05) is 0 Å². The molecule has 0 spiro atoms. The van der Waals surface area contributed by atoms with Crippen LogP contribution in [0, 0.1) is 5.82 Å². The summed E-state index contributed by atoms with van der Waals surface area (Å²) in [6.45, 7) is 0.0506. The predicted octanol–water partition coefficient (Wildman–Crippen LogP) is 4.03. The van der Waals surface area contributed by atoms with Gasteiger partial charge in [-0.05, 0) is 43.4 Å². The first-order chi connectivity index (χ1) is 15.9. The number of hydrogen-bond donors (Lipinski definition) is 2. The molecular weight excluding hydrogens is 445 g/mol. The number of hydrogen-bond acceptors (Lipinski definition) is 5. The van der Waals surface area contributed by atoms with Crippen LogP contribution in [0.4, 0.5) is 9.52 Å². The average molecular weight is 470 g/mol. The number of benzene rings is 1. The number of nitrogens with one attached hydrogen (secondary N) is 1. The molecule has 172 valence electrons. The van der Waals surface area contributed by atoms with E-state index in [9.17, 15) is 18.8 Å². The second-order valence-corrected chi connectivity index (χ2v) is 8.95. The number of nitrogens with zero attached hydrogens (tertiary/aromatic N) is 2. The van der Waals surface area contributed by atoms with Gasteiger partial charge in [0.1, 0.15) is 11.4 Å². The van der Waals surface area contributed by atoms with Crippen LogP contribution >= 0.6 is 11.3 Å². The Morgan fingerprint density at radius 3 is 2.67 bits per heavy atom. The lowest BCUT2D eigenvalue weighted by Gasteiger charge is -2.21. The summed E-state index contributed by atoms with van der Waals surface area (Å²) in [6, 6.07) is 7.98. The first-order valence-electron chi connectivity index (χ1n) is 10.9. The van der Waals surface area contributed by atoms with E-state index in [2.05, 4.69) is 10.3 Å². The van der Waals surface area contributed by atoms with Crippen molar-refractivity contribution in [3.05, 3.63) is 80.0 Å². The third-order valence-corrected chi connectivity index (χ3v) is 6.54. The van der Waals surface area contributed by atoms with E-state index in [1.54, 1.807) is 29.6 Å². The van der Waals surface area contributed by atoms with Gasteiger partial charge < -0.3 is 9.67 Å². The van der Waals surface area contributed by atoms with Gasteiger partial charge in [0.05, 0.1) is 18.7 Å². The molecule has 7 nitrogen and oxygen atoms in total. The van der Waals surface area contributed by atoms with Gasteiger partial charge in [0.2, 0.25) is 0 Å². The summed E-state index contributed by atoms with van der Waals surface area (Å²) in [5.41, 5.74) is 2.01. The molecular formula is C24H24FN3O4S. The van der Waals surface area contributed by atoms with Crippen LogP contribution in [0.15, 0.2) is 40.5 Å². The van der Waals surface area contributed by atoms with Crippen molar-refractivity contribution in [2.24, 2.45) is 0 Å². The largest absolute Gasteiger partial charge is 0.481 e. The fourth-order valence-electron chi connectivity index (χ4n) is 4.13. The molecule has 2 aromatic heterocycles. The van der Waals surface area contributed by atoms with Crippen molar-refractivity contribution in [3.63, 3.8) is 0 Å². The molecule has 0 bridgehead atoms. The second-order valence-electron chi connectivity index (χ2n) is 8.10. The Balaban J connectivity index is 1.71. The Hall–Kier alpha value is -3.33. The van der Waals surface area contributed by atoms with Crippen molar-refractivity contribution in [2.45, 2.75) is 51.5 Å². The molecule has 4 rings (SSSR count). The summed E-state index contributed by atoms with van der Waals surface area (Å²) in [5.74, 6) is -2.02. The monoisotopic (exact) mass is 469 g/mol. The average Bonchev–Trinajstić information content (AvgIpc) is 3.18. The van der Waals surface area contributed by atoms with Crippen molar-refractivity contribution in [3.8, 4) is 0 Å². The Bertz CT molecular complexity index is 1250. The standard InChI is InChI=1S/C24H24FN3O4S/c25-19-9-6-5-8-16(19)13-28-20-10-4-2-1-3-7-15(20)11-18(23(28)32)22(31)27-24-26-17(14-33-24)12-21(29)30/h5-6,8-9,11,14H,1-4,7,10,12-13H2,(H,29,30)(H,26,27,31). The molecule has 1 aromatic carbocycles. The van der Waals surface area contributed by atoms with Crippen LogP contribution in [0.2, 0.25) is 0 Å². The molecule has 0 saturated heterocycles. The predicted molar refractivity (Wildman–Crippen MR) is 123 cm³/mol. The lowest BCUT2D eigenvalue weighted by atomic mass is 9.95. The number of carboxylic acid groups (broad SMARTS) is 1. The summed E-state index contributed by atoms with van der Waals surface area (Å²) >= 11 is 1.10. The summed E-state index contributed by atoms with van der Waals surface area (Å²) < 4.78 is 15.9. The number of aliphatic carboxylic acids is 1. The lowest BCUT2D eigenvalue weighted by Crippen LogP contribution is -2.33. The third-order valence-electron chi connectivity index (χ3n) is 5.74. The van der Waals surface area contributed by atoms with Gasteiger partial charge in [0.25, 0.3) is 11.5 Å². The number of aryl methyl sites for hydroxylation is 1. The maximum Gasteiger partial charge on any atom is 0.309 e. The number of halogens is 1. The minimum Gasteiger partial charge on any atom is -0.481 e. The van der Waals surface area contributed by atoms with E-state index >= 15 is 0 Å². The summed E-state index contributed by atoms with van der Waals surface area (Å²) in [5, 5.41) is 13.3. The molecule has 0 unspecified atom stereocenters. The topological polar surface area (TPSA) is 101 Å². The van der Waals surface area contributed by atoms with Gasteiger partial charge in [-0.25, -0.2) is 9.37 Å². The number of carboxylic acids is 1. The van der Waals surface area contributed by atoms with Crippen LogP contribution in [0.3, 0.4) is 0 Å². The Morgan fingerprint density at radius 2 is 1.91 bits per heavy atom. The zero-order valence-corrected chi connectivity index (χ0v) is 18.8. The highest BCUT2D eigenvalue weighted by Gasteiger charge is 2.22. The zero-order chi connectivity index (χ0) is 23.4. The van der Waals surface area contributed by atoms with E-state index in [1.165, 1.54) is 10.6 Å². The molecule has 2 heterocycles. The Labute approximate surface area is 193 Å². The van der Waals surface area contributed by atoms with E-state index in [-0.39, 0.29) is 23.7 Å². The van der Waals surface area contributed by atoms with Crippen LogP contribution in [0.25, 0.3) is 0 Å². The molecule has 2 N–H and O–H groups in total. The molecule has 1 aliphatic carbocycles. The molecule has 1 aliphatic rings. The second kappa shape index (κ2) is 10.1. The van der Waals surface area contributed by atoms with Crippen LogP contribution < -0.4 is 10.9 Å². The van der Waals surface area contributed by atoms with Crippen LogP contribution in [-0.4, -0.2) is 26.5 Å². The smallest absolute Gasteiger partial charge is 0.309 e. The number of carbonyl (C=O) groups excluding carboxylic acids is 1. The number of fused-ring (bicyclic) bond motifs is 1. The molecule has 1 amide bonds. The first kappa shape index (κ1) is 22.8. The van der Waals surface area contributed by atoms with Crippen molar-refractivity contribution >= 4 is 28.3 Å². The number of pyridine rings is 1. The number of thiazole rings is 1. The van der Waals surface area contributed by atoms with Crippen molar-refractivity contribution in [1.82, 2.24) is 9.55 Å². The molecule has 0 radical (unpaired) electrons. The van der Waals surface area contributed by atoms with E-state index in [0.717, 1.165) is 54.7 Å². The fourth-order valence-corrected chi connectivity index (χ4v) is 4.83. The first-order valence-corrected chi connectivity index (χ1v) is 11.8. The molecule has 33 heavy (non-hydrogen) atoms. The van der Waals surface area contributed by atoms with Gasteiger partial charge >= 0.3 is 5.97 Å². The number of aromatic nitrogens is 2. The quantitative estimate of drug-likeness (QED) is 0.568. The highest BCUT2D eigenvalue weighted by Crippen LogP contribution is 2.22. The van der Waals surface area contributed by atoms with Crippen LogP contribution in [0.1, 0.15) is 58.6 Å². The SMILES string of the molecule is O=C(O)Cc1csc(NC(=O)c2cc3c(n(Cc4ccccc4F)c2=O)CCCCCC3)n1. The highest BCUT2D eigenvalue weighted by molar-refractivity contribution is 7.14. The summed E-state index contributed by atoms with van der Waals surface area (Å²) in [6.07, 6.45) is 5.23. The Morgan fingerprint density at radius 1 is 1.15 bits per heavy atom. The van der Waals surface area contributed by atoms with Gasteiger partial charge in [-0.3, -0.25) is 19.7 Å². The minimum atomic E-state index is -1.02. The van der Waals surface area contributed by atoms with E-state index < -0.39 is 23.3 Å². The molecule has 9 heteroatoms. The van der Waals surface area contributed by atoms with Gasteiger partial charge in [0.15, 0.2) is 5.13 Å². The van der Waals surface area contributed by atoms with E-state index in [0.29, 0.717) is 17.7 Å². The third kappa shape index (κ3) is 5.36. The van der Waals surface area contributed by atoms with Gasteiger partial charge in [-0.2, -0.15) is 0 Å². The molecule has 0 aliphatic heterocycles. The highest BCUT2D eigenvalue weighted by atomic mass is 32.1. The van der Waals surface area contributed by atoms with Crippen LogP contribution in [-0.2, 0) is 30.6 Å². The lowest BCUT2D eigenvalue weighted by molar-refractivity contribution is -0.136. The van der Waals surface area contributed by atoms with E-state index in [4.69, 9.17) is 5.11 Å². The number of amides is 1. The van der Waals surface area contributed by atoms with Gasteiger partial charge in [-0.1, -0.05) is 31.0 Å². The van der Waals surface area contributed by atoms with Crippen LogP contribution in [0.5, 0.6) is 0 Å². The maximum absolute atomic E-state index is 14.4. The Kier molecular flexibility index (Phi) is 6.98. The summed E-state index contributed by atoms with van der Waals surface area (Å²) in [7, 11) is 0. The van der Waals surface area contributed by atoms with Crippen molar-refractivity contribution in [2.75, 3.05) is 5.32 Å².